The van der Waals surface area contributed by atoms with Gasteiger partial charge in [-0.3, -0.25) is 5.32 Å². The van der Waals surface area contributed by atoms with E-state index in [1.165, 1.54) is 37.9 Å². The predicted octanol–water partition coefficient (Wildman–Crippen LogP) is 5.29. The van der Waals surface area contributed by atoms with Crippen LogP contribution in [0.5, 0.6) is 0 Å². The molecule has 2 aromatic carbocycles. The van der Waals surface area contributed by atoms with Gasteiger partial charge in [0.15, 0.2) is 16.8 Å². The molecule has 1 atom stereocenters. The van der Waals surface area contributed by atoms with Crippen LogP contribution >= 0.6 is 22.9 Å². The molecule has 3 amide bonds. The summed E-state index contributed by atoms with van der Waals surface area (Å²) in [5.41, 5.74) is -0.654. The molecule has 0 aliphatic heterocycles. The Balaban J connectivity index is 1.62. The van der Waals surface area contributed by atoms with Crippen molar-refractivity contribution in [2.24, 2.45) is 0 Å². The van der Waals surface area contributed by atoms with Gasteiger partial charge < -0.3 is 20.1 Å². The average molecular weight is 545 g/mol. The van der Waals surface area contributed by atoms with E-state index >= 15 is 0 Å². The Morgan fingerprint density at radius 2 is 1.92 bits per heavy atom. The summed E-state index contributed by atoms with van der Waals surface area (Å²) in [5, 5.41) is 15.2. The number of thiazole rings is 1. The van der Waals surface area contributed by atoms with Crippen LogP contribution in [0.1, 0.15) is 25.8 Å². The number of carbonyl (C=O) groups excluding carboxylic acids is 2. The van der Waals surface area contributed by atoms with Gasteiger partial charge in [-0.1, -0.05) is 35.1 Å². The highest BCUT2D eigenvalue weighted by Gasteiger charge is 2.28. The van der Waals surface area contributed by atoms with Gasteiger partial charge in [-0.05, 0) is 38.0 Å². The lowest BCUT2D eigenvalue weighted by Gasteiger charge is -2.32. The Labute approximate surface area is 214 Å². The number of nitrogens with one attached hydrogen (secondary N) is 2. The molecule has 0 radical (unpaired) electrons. The zero-order valence-electron chi connectivity index (χ0n) is 19.6. The van der Waals surface area contributed by atoms with Crippen molar-refractivity contribution in [1.29, 1.82) is 0 Å². The van der Waals surface area contributed by atoms with E-state index in [-0.39, 0.29) is 35.2 Å². The Hall–Kier alpha value is -3.09. The van der Waals surface area contributed by atoms with Crippen molar-refractivity contribution in [3.8, 4) is 0 Å². The Morgan fingerprint density at radius 3 is 2.61 bits per heavy atom. The minimum atomic E-state index is -1.20. The molecule has 0 bridgehead atoms. The molecule has 0 unspecified atom stereocenters. The molecule has 0 spiro atoms. The van der Waals surface area contributed by atoms with Gasteiger partial charge in [0.1, 0.15) is 12.4 Å². The molecule has 0 aliphatic carbocycles. The number of benzene rings is 2. The Bertz CT molecular complexity index is 1230. The number of nitrogens with zero attached hydrogens (tertiary/aromatic N) is 2. The zero-order valence-corrected chi connectivity index (χ0v) is 21.1. The molecule has 0 saturated heterocycles. The lowest BCUT2D eigenvalue weighted by molar-refractivity contribution is 0.0277. The van der Waals surface area contributed by atoms with Gasteiger partial charge in [0.2, 0.25) is 0 Å². The van der Waals surface area contributed by atoms with Crippen LogP contribution in [0, 0.1) is 17.5 Å². The van der Waals surface area contributed by atoms with Gasteiger partial charge in [0.25, 0.3) is 0 Å². The van der Waals surface area contributed by atoms with Gasteiger partial charge in [-0.25, -0.2) is 27.7 Å². The number of urea groups is 1. The number of halogens is 4. The van der Waals surface area contributed by atoms with Crippen LogP contribution in [0.4, 0.5) is 27.9 Å². The van der Waals surface area contributed by atoms with Crippen LogP contribution in [-0.4, -0.2) is 52.4 Å². The van der Waals surface area contributed by atoms with Crippen molar-refractivity contribution < 1.29 is 32.6 Å². The van der Waals surface area contributed by atoms with E-state index in [9.17, 15) is 27.9 Å². The third-order valence-corrected chi connectivity index (χ3v) is 6.47. The minimum absolute atomic E-state index is 0.0465. The summed E-state index contributed by atoms with van der Waals surface area (Å²) in [7, 11) is 1.46. The Morgan fingerprint density at radius 1 is 1.22 bits per heavy atom. The normalized spacial score (nSPS) is 12.3. The quantitative estimate of drug-likeness (QED) is 0.358. The Kier molecular flexibility index (Phi) is 8.64. The molecular formula is C23H24ClF3N4O4S. The highest BCUT2D eigenvalue weighted by molar-refractivity contribution is 7.22. The van der Waals surface area contributed by atoms with Crippen molar-refractivity contribution in [2.45, 2.75) is 38.5 Å². The summed E-state index contributed by atoms with van der Waals surface area (Å²) >= 11 is 6.85. The first-order chi connectivity index (χ1) is 16.8. The van der Waals surface area contributed by atoms with E-state index in [0.29, 0.717) is 10.3 Å². The number of anilines is 1. The molecule has 13 heteroatoms. The van der Waals surface area contributed by atoms with Gasteiger partial charge >= 0.3 is 12.1 Å². The van der Waals surface area contributed by atoms with Crippen LogP contribution in [0.3, 0.4) is 0 Å². The van der Waals surface area contributed by atoms with Gasteiger partial charge in [-0.2, -0.15) is 0 Å². The number of aliphatic hydroxyl groups is 1. The summed E-state index contributed by atoms with van der Waals surface area (Å²) in [5.74, 6) is -2.70. The molecule has 0 saturated carbocycles. The molecule has 36 heavy (non-hydrogen) atoms. The number of carbonyl (C=O) groups is 2. The van der Waals surface area contributed by atoms with E-state index in [4.69, 9.17) is 16.3 Å². The van der Waals surface area contributed by atoms with Gasteiger partial charge in [-0.15, -0.1) is 0 Å². The van der Waals surface area contributed by atoms with Crippen molar-refractivity contribution in [3.05, 3.63) is 58.4 Å². The summed E-state index contributed by atoms with van der Waals surface area (Å²) < 4.78 is 46.0. The number of hydrogen-bond donors (Lipinski definition) is 3. The topological polar surface area (TPSA) is 104 Å². The second-order valence-corrected chi connectivity index (χ2v) is 10.0. The van der Waals surface area contributed by atoms with E-state index in [0.717, 1.165) is 23.5 Å². The first kappa shape index (κ1) is 27.5. The number of likely N-dealkylation sites (N-methyl/N-ethyl adjacent to an activating group) is 1. The van der Waals surface area contributed by atoms with Crippen LogP contribution in [0.25, 0.3) is 10.2 Å². The third kappa shape index (κ3) is 7.21. The number of fused-ring (bicyclic) bond motifs is 1. The maximum atomic E-state index is 13.6. The lowest BCUT2D eigenvalue weighted by atomic mass is 9.99. The minimum Gasteiger partial charge on any atom is -0.447 e. The molecule has 3 aromatic rings. The van der Waals surface area contributed by atoms with E-state index in [2.05, 4.69) is 15.6 Å². The molecule has 194 valence electrons. The van der Waals surface area contributed by atoms with Crippen molar-refractivity contribution in [2.75, 3.05) is 19.0 Å². The number of rotatable bonds is 8. The van der Waals surface area contributed by atoms with Crippen molar-refractivity contribution in [1.82, 2.24) is 15.2 Å². The van der Waals surface area contributed by atoms with Crippen molar-refractivity contribution >= 4 is 50.4 Å². The number of amides is 3. The number of aromatic nitrogens is 1. The maximum absolute atomic E-state index is 13.6. The smallest absolute Gasteiger partial charge is 0.413 e. The maximum Gasteiger partial charge on any atom is 0.413 e. The molecule has 3 N–H and O–H groups in total. The SMILES string of the molecule is CN(C(=O)NCc1cccc(F)c1Cl)[C@H](COC(=O)Nc1nc2cc(F)c(F)cc2s1)CC(C)(C)O. The molecule has 3 rings (SSSR count). The second kappa shape index (κ2) is 11.3. The fourth-order valence-electron chi connectivity index (χ4n) is 3.30. The highest BCUT2D eigenvalue weighted by Crippen LogP contribution is 2.28. The van der Waals surface area contributed by atoms with Crippen LogP contribution < -0.4 is 10.6 Å². The first-order valence-electron chi connectivity index (χ1n) is 10.7. The molecule has 1 heterocycles. The number of hydrogen-bond acceptors (Lipinski definition) is 6. The lowest BCUT2D eigenvalue weighted by Crippen LogP contribution is -2.48. The van der Waals surface area contributed by atoms with Crippen LogP contribution in [-0.2, 0) is 11.3 Å². The second-order valence-electron chi connectivity index (χ2n) is 8.63. The molecule has 8 nitrogen and oxygen atoms in total. The number of ether oxygens (including phenoxy) is 1. The highest BCUT2D eigenvalue weighted by atomic mass is 35.5. The predicted molar refractivity (Wildman–Crippen MR) is 131 cm³/mol. The van der Waals surface area contributed by atoms with E-state index in [1.54, 1.807) is 6.07 Å². The molecular weight excluding hydrogens is 521 g/mol. The fourth-order valence-corrected chi connectivity index (χ4v) is 4.35. The van der Waals surface area contributed by atoms with Gasteiger partial charge in [0, 0.05) is 19.7 Å². The molecule has 0 fully saturated rings. The summed E-state index contributed by atoms with van der Waals surface area (Å²) in [6.07, 6.45) is -0.846. The first-order valence-corrected chi connectivity index (χ1v) is 11.9. The largest absolute Gasteiger partial charge is 0.447 e. The zero-order chi connectivity index (χ0) is 26.6. The monoisotopic (exact) mass is 544 g/mol. The average Bonchev–Trinajstić information content (AvgIpc) is 3.17. The van der Waals surface area contributed by atoms with E-state index in [1.807, 2.05) is 0 Å². The van der Waals surface area contributed by atoms with Gasteiger partial charge in [0.05, 0.1) is 26.9 Å². The third-order valence-electron chi connectivity index (χ3n) is 5.11. The molecule has 0 aliphatic rings. The van der Waals surface area contributed by atoms with Crippen molar-refractivity contribution in [3.63, 3.8) is 0 Å². The van der Waals surface area contributed by atoms with Crippen LogP contribution in [0.15, 0.2) is 30.3 Å². The van der Waals surface area contributed by atoms with E-state index < -0.39 is 41.2 Å². The fraction of sp³-hybridized carbons (Fsp3) is 0.348. The summed E-state index contributed by atoms with van der Waals surface area (Å²) in [4.78, 5) is 30.3. The molecule has 1 aromatic heterocycles. The standard InChI is InChI=1S/C23H24ClF3N4O4S/c1-23(2,34)9-13(31(3)21(32)28-10-12-5-4-6-14(25)19(12)24)11-35-22(33)30-20-29-17-7-15(26)16(27)8-18(17)36-20/h4-8,13,34H,9-11H2,1-3H3,(H,28,32)(H,29,30,33)/t13-/m0/s1. The summed E-state index contributed by atoms with van der Waals surface area (Å²) in [6.45, 7) is 2.75. The van der Waals surface area contributed by atoms with Crippen LogP contribution in [0.2, 0.25) is 5.02 Å². The summed E-state index contributed by atoms with van der Waals surface area (Å²) in [6, 6.07) is 4.82.